The van der Waals surface area contributed by atoms with Crippen LogP contribution in [0.25, 0.3) is 10.2 Å². The fourth-order valence-electron chi connectivity index (χ4n) is 1.73. The van der Waals surface area contributed by atoms with E-state index in [2.05, 4.69) is 4.98 Å². The van der Waals surface area contributed by atoms with Gasteiger partial charge in [0.2, 0.25) is 0 Å². The number of aromatic nitrogens is 1. The van der Waals surface area contributed by atoms with Crippen LogP contribution >= 0.6 is 22.9 Å². The molecule has 0 bridgehead atoms. The first-order chi connectivity index (χ1) is 9.42. The van der Waals surface area contributed by atoms with Gasteiger partial charge in [-0.2, -0.15) is 0 Å². The van der Waals surface area contributed by atoms with Crippen LogP contribution in [0.5, 0.6) is 5.75 Å². The van der Waals surface area contributed by atoms with Crippen LogP contribution < -0.4 is 4.74 Å². The molecule has 20 heavy (non-hydrogen) atoms. The predicted molar refractivity (Wildman–Crippen MR) is 80.0 cm³/mol. The normalized spacial score (nSPS) is 12.4. The number of pyridine rings is 1. The van der Waals surface area contributed by atoms with Crippen molar-refractivity contribution in [1.29, 1.82) is 0 Å². The first kappa shape index (κ1) is 14.9. The van der Waals surface area contributed by atoms with E-state index in [4.69, 9.17) is 16.3 Å². The minimum atomic E-state index is -0.265. The highest BCUT2D eigenvalue weighted by molar-refractivity contribution is 7.20. The quantitative estimate of drug-likeness (QED) is 0.623. The maximum Gasteiger partial charge on any atom is 0.173 e. The van der Waals surface area contributed by atoms with E-state index in [1.807, 2.05) is 0 Å². The van der Waals surface area contributed by atoms with Gasteiger partial charge in [0.15, 0.2) is 16.7 Å². The summed E-state index contributed by atoms with van der Waals surface area (Å²) in [5.74, 6) is 0.184. The lowest BCUT2D eigenvalue weighted by Crippen LogP contribution is -2.11. The summed E-state index contributed by atoms with van der Waals surface area (Å²) in [6.07, 6.45) is 0.215. The van der Waals surface area contributed by atoms with Crippen LogP contribution in [0, 0.1) is 5.92 Å². The average Bonchev–Trinajstić information content (AvgIpc) is 2.80. The third-order valence-electron chi connectivity index (χ3n) is 3.10. The van der Waals surface area contributed by atoms with Crippen molar-refractivity contribution >= 4 is 44.7 Å². The fourth-order valence-corrected chi connectivity index (χ4v) is 2.93. The minimum absolute atomic E-state index is 0.0160. The van der Waals surface area contributed by atoms with E-state index in [-0.39, 0.29) is 29.1 Å². The van der Waals surface area contributed by atoms with E-state index in [0.717, 1.165) is 4.70 Å². The Hall–Kier alpha value is -1.46. The Morgan fingerprint density at radius 3 is 2.75 bits per heavy atom. The van der Waals surface area contributed by atoms with Crippen LogP contribution in [0.1, 0.15) is 29.9 Å². The molecule has 106 valence electrons. The average molecular weight is 312 g/mol. The summed E-state index contributed by atoms with van der Waals surface area (Å²) in [4.78, 5) is 28.1. The molecule has 0 spiro atoms. The molecule has 2 heterocycles. The summed E-state index contributed by atoms with van der Waals surface area (Å²) in [7, 11) is 1.52. The van der Waals surface area contributed by atoms with Crippen molar-refractivity contribution in [3.63, 3.8) is 0 Å². The number of ether oxygens (including phenoxy) is 1. The van der Waals surface area contributed by atoms with Gasteiger partial charge in [0, 0.05) is 18.4 Å². The van der Waals surface area contributed by atoms with Gasteiger partial charge in [0.1, 0.15) is 5.78 Å². The molecular weight excluding hydrogens is 298 g/mol. The Bertz CT molecular complexity index is 680. The molecule has 0 unspecified atom stereocenters. The molecule has 1 atom stereocenters. The van der Waals surface area contributed by atoms with E-state index in [9.17, 15) is 9.59 Å². The molecule has 6 heteroatoms. The molecule has 2 aromatic rings. The number of rotatable bonds is 5. The van der Waals surface area contributed by atoms with E-state index in [1.165, 1.54) is 25.4 Å². The van der Waals surface area contributed by atoms with Gasteiger partial charge in [-0.3, -0.25) is 9.59 Å². The van der Waals surface area contributed by atoms with E-state index in [1.54, 1.807) is 19.1 Å². The third kappa shape index (κ3) is 2.99. The van der Waals surface area contributed by atoms with Crippen molar-refractivity contribution in [3.05, 3.63) is 22.2 Å². The Morgan fingerprint density at radius 2 is 2.15 bits per heavy atom. The van der Waals surface area contributed by atoms with Crippen molar-refractivity contribution in [3.8, 4) is 5.75 Å². The Labute approximate surface area is 125 Å². The van der Waals surface area contributed by atoms with Crippen LogP contribution in [0.3, 0.4) is 0 Å². The van der Waals surface area contributed by atoms with Gasteiger partial charge in [-0.1, -0.05) is 18.5 Å². The van der Waals surface area contributed by atoms with Crippen LogP contribution in [0.4, 0.5) is 0 Å². The molecule has 0 aliphatic rings. The zero-order chi connectivity index (χ0) is 14.9. The molecule has 0 fully saturated rings. The fraction of sp³-hybridized carbons (Fsp3) is 0.357. The number of carbonyl (C=O) groups excluding carboxylic acids is 2. The lowest BCUT2D eigenvalue weighted by atomic mass is 10.0. The zero-order valence-electron chi connectivity index (χ0n) is 11.4. The van der Waals surface area contributed by atoms with Crippen molar-refractivity contribution < 1.29 is 14.3 Å². The number of nitrogens with zero attached hydrogens (tertiary/aromatic N) is 1. The number of thiophene rings is 1. The smallest absolute Gasteiger partial charge is 0.173 e. The summed E-state index contributed by atoms with van der Waals surface area (Å²) < 4.78 is 5.94. The minimum Gasteiger partial charge on any atom is -0.493 e. The monoisotopic (exact) mass is 311 g/mol. The maximum atomic E-state index is 12.1. The lowest BCUT2D eigenvalue weighted by Gasteiger charge is -2.04. The largest absolute Gasteiger partial charge is 0.493 e. The maximum absolute atomic E-state index is 12.1. The molecule has 0 saturated carbocycles. The highest BCUT2D eigenvalue weighted by Gasteiger charge is 2.18. The molecule has 0 aliphatic carbocycles. The summed E-state index contributed by atoms with van der Waals surface area (Å²) >= 11 is 7.29. The number of methoxy groups -OCH3 is 1. The van der Waals surface area contributed by atoms with Gasteiger partial charge in [0.25, 0.3) is 0 Å². The van der Waals surface area contributed by atoms with Crippen LogP contribution in [0.15, 0.2) is 12.1 Å². The molecule has 0 N–H and O–H groups in total. The summed E-state index contributed by atoms with van der Waals surface area (Å²) in [6.45, 7) is 3.25. The van der Waals surface area contributed by atoms with Gasteiger partial charge in [-0.15, -0.1) is 11.3 Å². The highest BCUT2D eigenvalue weighted by atomic mass is 35.5. The number of fused-ring (bicyclic) bond motifs is 1. The summed E-state index contributed by atoms with van der Waals surface area (Å²) in [5.41, 5.74) is 0.666. The predicted octanol–water partition coefficient (Wildman–Crippen LogP) is 3.76. The van der Waals surface area contributed by atoms with Gasteiger partial charge in [-0.25, -0.2) is 4.98 Å². The lowest BCUT2D eigenvalue weighted by molar-refractivity contribution is -0.120. The molecule has 2 rings (SSSR count). The van der Waals surface area contributed by atoms with Gasteiger partial charge < -0.3 is 4.74 Å². The van der Waals surface area contributed by atoms with Crippen molar-refractivity contribution in [2.75, 3.05) is 7.11 Å². The van der Waals surface area contributed by atoms with Gasteiger partial charge >= 0.3 is 0 Å². The number of Topliss-reactive ketones (excluding diaryl/α,β-unsaturated/α-hetero) is 2. The molecule has 2 aromatic heterocycles. The topological polar surface area (TPSA) is 56.3 Å². The van der Waals surface area contributed by atoms with Gasteiger partial charge in [0.05, 0.1) is 22.2 Å². The summed E-state index contributed by atoms with van der Waals surface area (Å²) in [6, 6.07) is 3.47. The SMILES string of the molecule is COc1cc2sc(C(=O)C[C@H](C)C(C)=O)cc2nc1Cl. The number of halogens is 1. The van der Waals surface area contributed by atoms with Gasteiger partial charge in [-0.05, 0) is 13.0 Å². The molecule has 0 radical (unpaired) electrons. The van der Waals surface area contributed by atoms with E-state index >= 15 is 0 Å². The molecule has 0 aliphatic heterocycles. The highest BCUT2D eigenvalue weighted by Crippen LogP contribution is 2.32. The number of ketones is 2. The zero-order valence-corrected chi connectivity index (χ0v) is 13.0. The standard InChI is InChI=1S/C14H14ClNO3S/c1-7(8(2)17)4-10(18)13-5-9-12(20-13)6-11(19-3)14(15)16-9/h5-7H,4H2,1-3H3/t7-/m0/s1. The molecular formula is C14H14ClNO3S. The second-order valence-electron chi connectivity index (χ2n) is 4.61. The molecule has 0 aromatic carbocycles. The summed E-state index contributed by atoms with van der Waals surface area (Å²) in [5, 5.41) is 0.272. The van der Waals surface area contributed by atoms with E-state index in [0.29, 0.717) is 16.1 Å². The number of carbonyl (C=O) groups is 2. The van der Waals surface area contributed by atoms with Crippen molar-refractivity contribution in [2.24, 2.45) is 5.92 Å². The molecule has 0 saturated heterocycles. The Balaban J connectivity index is 2.32. The Kier molecular flexibility index (Phi) is 4.40. The van der Waals surface area contributed by atoms with Crippen LogP contribution in [0.2, 0.25) is 5.15 Å². The van der Waals surface area contributed by atoms with E-state index < -0.39 is 0 Å². The number of hydrogen-bond donors (Lipinski definition) is 0. The van der Waals surface area contributed by atoms with Crippen LogP contribution in [-0.2, 0) is 4.79 Å². The Morgan fingerprint density at radius 1 is 1.45 bits per heavy atom. The van der Waals surface area contributed by atoms with Crippen molar-refractivity contribution in [2.45, 2.75) is 20.3 Å². The second-order valence-corrected chi connectivity index (χ2v) is 6.06. The second kappa shape index (κ2) is 5.89. The number of hydrogen-bond acceptors (Lipinski definition) is 5. The first-order valence-electron chi connectivity index (χ1n) is 6.10. The third-order valence-corrected chi connectivity index (χ3v) is 4.49. The molecule has 4 nitrogen and oxygen atoms in total. The molecule has 0 amide bonds. The van der Waals surface area contributed by atoms with Crippen molar-refractivity contribution in [1.82, 2.24) is 4.98 Å². The first-order valence-corrected chi connectivity index (χ1v) is 7.29. The van der Waals surface area contributed by atoms with Crippen LogP contribution in [-0.4, -0.2) is 23.7 Å².